The highest BCUT2D eigenvalue weighted by atomic mass is 19.1. The molecule has 1 N–H and O–H groups in total. The maximum atomic E-state index is 13.1. The van der Waals surface area contributed by atoms with Crippen LogP contribution in [0.1, 0.15) is 24.1 Å². The van der Waals surface area contributed by atoms with Crippen LogP contribution < -0.4 is 14.8 Å². The number of rotatable bonds is 10. The summed E-state index contributed by atoms with van der Waals surface area (Å²) in [5.41, 5.74) is 1.85. The summed E-state index contributed by atoms with van der Waals surface area (Å²) < 4.78 is 24.2. The van der Waals surface area contributed by atoms with Crippen LogP contribution in [-0.4, -0.2) is 17.5 Å². The van der Waals surface area contributed by atoms with Gasteiger partial charge in [0.1, 0.15) is 23.9 Å². The molecular weight excluding hydrogens is 371 g/mol. The van der Waals surface area contributed by atoms with E-state index in [9.17, 15) is 9.18 Å². The average Bonchev–Trinajstić information content (AvgIpc) is 2.75. The summed E-state index contributed by atoms with van der Waals surface area (Å²) in [5.74, 6) is 0.827. The van der Waals surface area contributed by atoms with E-state index in [0.29, 0.717) is 38.3 Å². The quantitative estimate of drug-likeness (QED) is 0.522. The van der Waals surface area contributed by atoms with Gasteiger partial charge in [0.15, 0.2) is 0 Å². The lowest BCUT2D eigenvalue weighted by Gasteiger charge is -2.09. The second kappa shape index (κ2) is 10.8. The lowest BCUT2D eigenvalue weighted by atomic mass is 10.2. The molecule has 6 heteroatoms. The molecule has 1 aromatic heterocycles. The van der Waals surface area contributed by atoms with Crippen LogP contribution in [0.3, 0.4) is 0 Å². The molecule has 0 unspecified atom stereocenters. The van der Waals surface area contributed by atoms with Crippen molar-refractivity contribution in [2.45, 2.75) is 26.0 Å². The molecule has 5 nitrogen and oxygen atoms in total. The van der Waals surface area contributed by atoms with E-state index in [2.05, 4.69) is 10.3 Å². The molecule has 0 saturated heterocycles. The van der Waals surface area contributed by atoms with Gasteiger partial charge in [0.05, 0.1) is 12.3 Å². The summed E-state index contributed by atoms with van der Waals surface area (Å²) in [4.78, 5) is 16.2. The third-order valence-corrected chi connectivity index (χ3v) is 4.14. The molecule has 0 aliphatic carbocycles. The van der Waals surface area contributed by atoms with E-state index in [-0.39, 0.29) is 11.7 Å². The van der Waals surface area contributed by atoms with Crippen LogP contribution in [0.25, 0.3) is 0 Å². The first-order valence-electron chi connectivity index (χ1n) is 9.46. The molecule has 1 amide bonds. The Labute approximate surface area is 169 Å². The minimum Gasteiger partial charge on any atom is -0.493 e. The Morgan fingerprint density at radius 2 is 1.83 bits per heavy atom. The number of hydrogen-bond donors (Lipinski definition) is 1. The number of pyridine rings is 1. The fraction of sp³-hybridized carbons (Fsp3) is 0.217. The molecule has 150 valence electrons. The molecule has 2 aromatic carbocycles. The van der Waals surface area contributed by atoms with E-state index >= 15 is 0 Å². The average molecular weight is 394 g/mol. The molecule has 29 heavy (non-hydrogen) atoms. The number of amides is 1. The number of nitrogens with one attached hydrogen (secondary N) is 1. The van der Waals surface area contributed by atoms with Gasteiger partial charge in [-0.25, -0.2) is 4.39 Å². The fourth-order valence-electron chi connectivity index (χ4n) is 2.61. The summed E-state index contributed by atoms with van der Waals surface area (Å²) >= 11 is 0. The standard InChI is InChI=1S/C23H23FN2O3/c24-19-5-3-7-22(15-19)28-14-4-8-23(27)26-16-18-9-11-21(12-10-18)29-17-20-6-1-2-13-25-20/h1-3,5-7,9-13,15H,4,8,14,16-17H2,(H,26,27). The topological polar surface area (TPSA) is 60.5 Å². The van der Waals surface area contributed by atoms with Gasteiger partial charge in [-0.3, -0.25) is 9.78 Å². The number of halogens is 1. The van der Waals surface area contributed by atoms with E-state index in [0.717, 1.165) is 17.0 Å². The normalized spacial score (nSPS) is 10.4. The van der Waals surface area contributed by atoms with Crippen LogP contribution >= 0.6 is 0 Å². The van der Waals surface area contributed by atoms with Gasteiger partial charge in [-0.05, 0) is 48.4 Å². The first-order valence-corrected chi connectivity index (χ1v) is 9.46. The van der Waals surface area contributed by atoms with E-state index in [1.807, 2.05) is 42.5 Å². The number of carbonyl (C=O) groups excluding carboxylic acids is 1. The molecule has 0 bridgehead atoms. The third kappa shape index (κ3) is 7.25. The van der Waals surface area contributed by atoms with Crippen LogP contribution in [0.4, 0.5) is 4.39 Å². The Morgan fingerprint density at radius 1 is 0.966 bits per heavy atom. The Kier molecular flexibility index (Phi) is 7.57. The Bertz CT molecular complexity index is 902. The van der Waals surface area contributed by atoms with Crippen molar-refractivity contribution in [3.05, 3.63) is 90.0 Å². The van der Waals surface area contributed by atoms with Crippen LogP contribution in [0.15, 0.2) is 72.9 Å². The van der Waals surface area contributed by atoms with E-state index in [4.69, 9.17) is 9.47 Å². The van der Waals surface area contributed by atoms with Crippen molar-refractivity contribution in [1.29, 1.82) is 0 Å². The molecule has 0 saturated carbocycles. The minimum absolute atomic E-state index is 0.0525. The number of ether oxygens (including phenoxy) is 2. The lowest BCUT2D eigenvalue weighted by molar-refractivity contribution is -0.121. The highest BCUT2D eigenvalue weighted by Gasteiger charge is 2.03. The van der Waals surface area contributed by atoms with Crippen molar-refractivity contribution in [2.75, 3.05) is 6.61 Å². The monoisotopic (exact) mass is 394 g/mol. The second-order valence-corrected chi connectivity index (χ2v) is 6.44. The molecule has 0 atom stereocenters. The zero-order valence-electron chi connectivity index (χ0n) is 16.0. The van der Waals surface area contributed by atoms with Crippen molar-refractivity contribution >= 4 is 5.91 Å². The second-order valence-electron chi connectivity index (χ2n) is 6.44. The van der Waals surface area contributed by atoms with Gasteiger partial charge in [-0.2, -0.15) is 0 Å². The van der Waals surface area contributed by atoms with Crippen LogP contribution in [0.2, 0.25) is 0 Å². The predicted molar refractivity (Wildman–Crippen MR) is 108 cm³/mol. The number of nitrogens with zero attached hydrogens (tertiary/aromatic N) is 1. The van der Waals surface area contributed by atoms with Crippen LogP contribution in [-0.2, 0) is 17.9 Å². The van der Waals surface area contributed by atoms with Crippen LogP contribution in [0.5, 0.6) is 11.5 Å². The summed E-state index contributed by atoms with van der Waals surface area (Å²) in [6, 6.07) is 19.2. The molecule has 0 aliphatic rings. The van der Waals surface area contributed by atoms with Crippen molar-refractivity contribution in [2.24, 2.45) is 0 Å². The Balaban J connectivity index is 1.32. The highest BCUT2D eigenvalue weighted by molar-refractivity contribution is 5.75. The lowest BCUT2D eigenvalue weighted by Crippen LogP contribution is -2.22. The zero-order chi connectivity index (χ0) is 20.3. The largest absolute Gasteiger partial charge is 0.493 e. The van der Waals surface area contributed by atoms with Gasteiger partial charge >= 0.3 is 0 Å². The highest BCUT2D eigenvalue weighted by Crippen LogP contribution is 2.14. The summed E-state index contributed by atoms with van der Waals surface area (Å²) in [6.45, 7) is 1.22. The maximum Gasteiger partial charge on any atom is 0.220 e. The van der Waals surface area contributed by atoms with Crippen molar-refractivity contribution in [1.82, 2.24) is 10.3 Å². The summed E-state index contributed by atoms with van der Waals surface area (Å²) in [6.07, 6.45) is 2.64. The van der Waals surface area contributed by atoms with Gasteiger partial charge < -0.3 is 14.8 Å². The zero-order valence-corrected chi connectivity index (χ0v) is 16.0. The number of hydrogen-bond acceptors (Lipinski definition) is 4. The smallest absolute Gasteiger partial charge is 0.220 e. The van der Waals surface area contributed by atoms with E-state index in [1.165, 1.54) is 12.1 Å². The van der Waals surface area contributed by atoms with Crippen LogP contribution in [0, 0.1) is 5.82 Å². The SMILES string of the molecule is O=C(CCCOc1cccc(F)c1)NCc1ccc(OCc2ccccn2)cc1. The molecule has 3 aromatic rings. The van der Waals surface area contributed by atoms with Crippen molar-refractivity contribution in [3.63, 3.8) is 0 Å². The molecule has 0 fully saturated rings. The molecule has 0 spiro atoms. The predicted octanol–water partition coefficient (Wildman–Crippen LogP) is 4.28. The van der Waals surface area contributed by atoms with Crippen molar-refractivity contribution in [3.8, 4) is 11.5 Å². The van der Waals surface area contributed by atoms with Gasteiger partial charge in [0.25, 0.3) is 0 Å². The summed E-state index contributed by atoms with van der Waals surface area (Å²) in [5, 5.41) is 2.88. The van der Waals surface area contributed by atoms with E-state index in [1.54, 1.807) is 18.3 Å². The molecule has 3 rings (SSSR count). The van der Waals surface area contributed by atoms with E-state index < -0.39 is 0 Å². The Hall–Kier alpha value is -3.41. The number of aromatic nitrogens is 1. The fourth-order valence-corrected chi connectivity index (χ4v) is 2.61. The third-order valence-electron chi connectivity index (χ3n) is 4.14. The minimum atomic E-state index is -0.339. The maximum absolute atomic E-state index is 13.1. The Morgan fingerprint density at radius 3 is 2.59 bits per heavy atom. The molecule has 0 aliphatic heterocycles. The number of benzene rings is 2. The van der Waals surface area contributed by atoms with Gasteiger partial charge in [-0.1, -0.05) is 24.3 Å². The first kappa shape index (κ1) is 20.3. The molecule has 0 radical (unpaired) electrons. The van der Waals surface area contributed by atoms with Crippen molar-refractivity contribution < 1.29 is 18.7 Å². The van der Waals surface area contributed by atoms with Gasteiger partial charge in [0, 0.05) is 25.2 Å². The first-order chi connectivity index (χ1) is 14.2. The summed E-state index contributed by atoms with van der Waals surface area (Å²) in [7, 11) is 0. The van der Waals surface area contributed by atoms with Gasteiger partial charge in [-0.15, -0.1) is 0 Å². The molecule has 1 heterocycles. The van der Waals surface area contributed by atoms with Gasteiger partial charge in [0.2, 0.25) is 5.91 Å². The number of carbonyl (C=O) groups is 1. The molecular formula is C23H23FN2O3.